The van der Waals surface area contributed by atoms with Gasteiger partial charge in [0.05, 0.1) is 12.2 Å². The number of carboxylic acid groups (broad SMARTS) is 1. The van der Waals surface area contributed by atoms with Gasteiger partial charge in [0.15, 0.2) is 0 Å². The summed E-state index contributed by atoms with van der Waals surface area (Å²) in [5.41, 5.74) is 1.10. The molecule has 1 N–H and O–H groups in total. The number of fused-ring (bicyclic) bond motifs is 1. The highest BCUT2D eigenvalue weighted by molar-refractivity contribution is 7.17. The van der Waals surface area contributed by atoms with Crippen molar-refractivity contribution in [2.75, 3.05) is 7.11 Å². The molecule has 3 rings (SSSR count). The summed E-state index contributed by atoms with van der Waals surface area (Å²) in [6.45, 7) is 0.104. The lowest BCUT2D eigenvalue weighted by molar-refractivity contribution is 0.0656. The molecule has 0 saturated heterocycles. The number of rotatable bonds is 4. The number of hydrogen-bond acceptors (Lipinski definition) is 5. The molecule has 6 heteroatoms. The Morgan fingerprint density at radius 1 is 1.45 bits per heavy atom. The molecule has 0 radical (unpaired) electrons. The van der Waals surface area contributed by atoms with Gasteiger partial charge in [-0.05, 0) is 6.07 Å². The highest BCUT2D eigenvalue weighted by Crippen LogP contribution is 2.34. The third kappa shape index (κ3) is 2.09. The van der Waals surface area contributed by atoms with Crippen molar-refractivity contribution >= 4 is 27.4 Å². The molecule has 3 aromatic rings. The van der Waals surface area contributed by atoms with E-state index < -0.39 is 5.97 Å². The van der Waals surface area contributed by atoms with Crippen LogP contribution in [0.15, 0.2) is 34.1 Å². The van der Waals surface area contributed by atoms with E-state index in [9.17, 15) is 4.79 Å². The minimum Gasteiger partial charge on any atom is -0.475 e. The van der Waals surface area contributed by atoms with E-state index in [-0.39, 0.29) is 12.4 Å². The van der Waals surface area contributed by atoms with Gasteiger partial charge in [-0.3, -0.25) is 0 Å². The molecular weight excluding hydrogens is 278 g/mol. The van der Waals surface area contributed by atoms with Gasteiger partial charge in [0.1, 0.15) is 5.69 Å². The van der Waals surface area contributed by atoms with Gasteiger partial charge in [-0.2, -0.15) is 0 Å². The van der Waals surface area contributed by atoms with E-state index in [1.165, 1.54) is 7.11 Å². The van der Waals surface area contributed by atoms with Crippen LogP contribution < -0.4 is 0 Å². The van der Waals surface area contributed by atoms with E-state index in [2.05, 4.69) is 4.98 Å². The summed E-state index contributed by atoms with van der Waals surface area (Å²) < 4.78 is 11.5. The van der Waals surface area contributed by atoms with E-state index in [1.807, 2.05) is 29.6 Å². The number of benzene rings is 1. The van der Waals surface area contributed by atoms with Crippen LogP contribution in [0.1, 0.15) is 16.2 Å². The third-order valence-electron chi connectivity index (χ3n) is 2.88. The van der Waals surface area contributed by atoms with Crippen LogP contribution in [0.25, 0.3) is 21.5 Å². The molecule has 0 saturated carbocycles. The number of carbonyl (C=O) groups is 1. The lowest BCUT2D eigenvalue weighted by atomic mass is 10.2. The average molecular weight is 289 g/mol. The summed E-state index contributed by atoms with van der Waals surface area (Å²) in [5, 5.41) is 12.0. The van der Waals surface area contributed by atoms with Gasteiger partial charge in [0.2, 0.25) is 11.7 Å². The zero-order valence-corrected chi connectivity index (χ0v) is 11.4. The zero-order chi connectivity index (χ0) is 14.1. The number of carboxylic acids is 1. The molecule has 0 bridgehead atoms. The second-order valence-corrected chi connectivity index (χ2v) is 5.09. The largest absolute Gasteiger partial charge is 0.475 e. The van der Waals surface area contributed by atoms with Gasteiger partial charge >= 0.3 is 5.97 Å². The van der Waals surface area contributed by atoms with Gasteiger partial charge in [0, 0.05) is 22.6 Å². The Balaban J connectivity index is 2.14. The summed E-state index contributed by atoms with van der Waals surface area (Å²) in [7, 11) is 1.49. The fourth-order valence-corrected chi connectivity index (χ4v) is 2.95. The molecule has 2 aromatic heterocycles. The van der Waals surface area contributed by atoms with E-state index in [1.54, 1.807) is 11.3 Å². The monoisotopic (exact) mass is 289 g/mol. The number of thiophene rings is 1. The third-order valence-corrected chi connectivity index (χ3v) is 3.85. The molecule has 0 aliphatic carbocycles. The number of ether oxygens (including phenoxy) is 1. The van der Waals surface area contributed by atoms with Crippen LogP contribution in [-0.4, -0.2) is 23.2 Å². The van der Waals surface area contributed by atoms with Crippen molar-refractivity contribution in [2.24, 2.45) is 0 Å². The standard InChI is InChI=1S/C14H11NO4S/c1-18-6-10-12(14(16)17)19-13(15-10)9-7-20-11-5-3-2-4-8(9)11/h2-5,7H,6H2,1H3,(H,16,17). The van der Waals surface area contributed by atoms with E-state index in [0.717, 1.165) is 15.6 Å². The number of hydrogen-bond donors (Lipinski definition) is 1. The number of nitrogens with zero attached hydrogens (tertiary/aromatic N) is 1. The predicted octanol–water partition coefficient (Wildman–Crippen LogP) is 3.40. The first-order valence-corrected chi connectivity index (χ1v) is 6.77. The number of aromatic carboxylic acids is 1. The van der Waals surface area contributed by atoms with Crippen LogP contribution in [0.3, 0.4) is 0 Å². The second kappa shape index (κ2) is 5.07. The van der Waals surface area contributed by atoms with Gasteiger partial charge in [-0.1, -0.05) is 18.2 Å². The molecule has 0 fully saturated rings. The van der Waals surface area contributed by atoms with Crippen molar-refractivity contribution < 1.29 is 19.1 Å². The zero-order valence-electron chi connectivity index (χ0n) is 10.6. The van der Waals surface area contributed by atoms with Crippen molar-refractivity contribution in [1.82, 2.24) is 4.98 Å². The Morgan fingerprint density at radius 3 is 3.00 bits per heavy atom. The molecule has 2 heterocycles. The molecular formula is C14H11NO4S. The van der Waals surface area contributed by atoms with Gasteiger partial charge in [-0.15, -0.1) is 11.3 Å². The number of methoxy groups -OCH3 is 1. The Hall–Kier alpha value is -2.18. The molecule has 0 aliphatic rings. The van der Waals surface area contributed by atoms with E-state index in [0.29, 0.717) is 11.6 Å². The minimum absolute atomic E-state index is 0.104. The van der Waals surface area contributed by atoms with Crippen LogP contribution >= 0.6 is 11.3 Å². The molecule has 0 aliphatic heterocycles. The van der Waals surface area contributed by atoms with Gasteiger partial charge in [0.25, 0.3) is 0 Å². The Morgan fingerprint density at radius 2 is 2.25 bits per heavy atom. The van der Waals surface area contributed by atoms with Crippen LogP contribution in [0.5, 0.6) is 0 Å². The maximum Gasteiger partial charge on any atom is 0.373 e. The molecule has 0 spiro atoms. The molecule has 20 heavy (non-hydrogen) atoms. The molecule has 102 valence electrons. The summed E-state index contributed by atoms with van der Waals surface area (Å²) in [5.74, 6) is -1.00. The predicted molar refractivity (Wildman–Crippen MR) is 75.0 cm³/mol. The molecule has 0 unspecified atom stereocenters. The van der Waals surface area contributed by atoms with Crippen LogP contribution in [-0.2, 0) is 11.3 Å². The van der Waals surface area contributed by atoms with Crippen LogP contribution in [0.2, 0.25) is 0 Å². The maximum absolute atomic E-state index is 11.2. The topological polar surface area (TPSA) is 72.6 Å². The second-order valence-electron chi connectivity index (χ2n) is 4.18. The fourth-order valence-electron chi connectivity index (χ4n) is 2.01. The quantitative estimate of drug-likeness (QED) is 0.797. The highest BCUT2D eigenvalue weighted by Gasteiger charge is 2.21. The SMILES string of the molecule is COCc1nc(-c2csc3ccccc23)oc1C(=O)O. The summed E-state index contributed by atoms with van der Waals surface area (Å²) in [6.07, 6.45) is 0. The van der Waals surface area contributed by atoms with Crippen molar-refractivity contribution in [3.05, 3.63) is 41.1 Å². The first kappa shape index (κ1) is 12.8. The summed E-state index contributed by atoms with van der Waals surface area (Å²) >= 11 is 1.57. The summed E-state index contributed by atoms with van der Waals surface area (Å²) in [6, 6.07) is 7.84. The lowest BCUT2D eigenvalue weighted by Crippen LogP contribution is -2.00. The van der Waals surface area contributed by atoms with E-state index in [4.69, 9.17) is 14.3 Å². The average Bonchev–Trinajstić information content (AvgIpc) is 3.02. The van der Waals surface area contributed by atoms with Crippen molar-refractivity contribution in [3.63, 3.8) is 0 Å². The maximum atomic E-state index is 11.2. The van der Waals surface area contributed by atoms with Crippen molar-refractivity contribution in [2.45, 2.75) is 6.61 Å². The Labute approximate surface area is 118 Å². The first-order valence-electron chi connectivity index (χ1n) is 5.89. The molecule has 1 aromatic carbocycles. The van der Waals surface area contributed by atoms with E-state index >= 15 is 0 Å². The molecule has 0 atom stereocenters. The normalized spacial score (nSPS) is 11.1. The van der Waals surface area contributed by atoms with Crippen LogP contribution in [0.4, 0.5) is 0 Å². The Bertz CT molecular complexity index is 774. The Kier molecular flexibility index (Phi) is 3.25. The first-order chi connectivity index (χ1) is 9.70. The highest BCUT2D eigenvalue weighted by atomic mass is 32.1. The summed E-state index contributed by atoms with van der Waals surface area (Å²) in [4.78, 5) is 15.4. The van der Waals surface area contributed by atoms with Gasteiger partial charge < -0.3 is 14.3 Å². The van der Waals surface area contributed by atoms with Gasteiger partial charge in [-0.25, -0.2) is 9.78 Å². The molecule has 5 nitrogen and oxygen atoms in total. The molecule has 0 amide bonds. The lowest BCUT2D eigenvalue weighted by Gasteiger charge is -1.92. The number of oxazole rings is 1. The van der Waals surface area contributed by atoms with Crippen molar-refractivity contribution in [1.29, 1.82) is 0 Å². The van der Waals surface area contributed by atoms with Crippen LogP contribution in [0, 0.1) is 0 Å². The smallest absolute Gasteiger partial charge is 0.373 e. The number of aromatic nitrogens is 1. The van der Waals surface area contributed by atoms with Crippen molar-refractivity contribution in [3.8, 4) is 11.5 Å². The fraction of sp³-hybridized carbons (Fsp3) is 0.143. The minimum atomic E-state index is -1.14.